The molecule has 5 atom stereocenters. The lowest BCUT2D eigenvalue weighted by Crippen LogP contribution is -2.66. The van der Waals surface area contributed by atoms with Crippen LogP contribution in [0.15, 0.2) is 0 Å². The van der Waals surface area contributed by atoms with Crippen molar-refractivity contribution in [2.75, 3.05) is 13.3 Å². The fraction of sp³-hybridized carbons (Fsp3) is 1.00. The summed E-state index contributed by atoms with van der Waals surface area (Å²) in [6.07, 6.45) is -6.61. The molecular weight excluding hydrogens is 199 g/mol. The van der Waals surface area contributed by atoms with Crippen LogP contribution in [0.5, 0.6) is 0 Å². The minimum Gasteiger partial charge on any atom is -0.394 e. The second-order valence-corrected chi connectivity index (χ2v) is 3.24. The Bertz CT molecular complexity index is 201. The van der Waals surface area contributed by atoms with E-state index in [0.29, 0.717) is 0 Å². The molecule has 1 rings (SSSR count). The molecule has 0 aromatic heterocycles. The smallest absolute Gasteiger partial charge is 0.224 e. The minimum absolute atomic E-state index is 0.701. The molecule has 6 nitrogen and oxygen atoms in total. The largest absolute Gasteiger partial charge is 0.394 e. The molecule has 1 fully saturated rings. The first kappa shape index (κ1) is 11.8. The van der Waals surface area contributed by atoms with Gasteiger partial charge in [0.25, 0.3) is 0 Å². The summed E-state index contributed by atoms with van der Waals surface area (Å²) in [5.74, 6) is -2.58. The highest BCUT2D eigenvalue weighted by Crippen LogP contribution is 2.28. The van der Waals surface area contributed by atoms with Gasteiger partial charge in [-0.3, -0.25) is 0 Å². The maximum Gasteiger partial charge on any atom is 0.224 e. The Labute approximate surface area is 79.2 Å². The summed E-state index contributed by atoms with van der Waals surface area (Å²) in [5, 5.41) is 45.6. The summed E-state index contributed by atoms with van der Waals surface area (Å²) < 4.78 is 16.9. The average molecular weight is 212 g/mol. The van der Waals surface area contributed by atoms with E-state index >= 15 is 0 Å². The number of aliphatic hydroxyl groups excluding tert-OH is 4. The van der Waals surface area contributed by atoms with Crippen LogP contribution in [0.25, 0.3) is 0 Å². The van der Waals surface area contributed by atoms with E-state index in [2.05, 4.69) is 4.74 Å². The summed E-state index contributed by atoms with van der Waals surface area (Å²) in [7, 11) is 0. The zero-order chi connectivity index (χ0) is 10.9. The first-order valence-corrected chi connectivity index (χ1v) is 4.07. The van der Waals surface area contributed by atoms with Gasteiger partial charge in [-0.25, -0.2) is 4.39 Å². The van der Waals surface area contributed by atoms with Gasteiger partial charge in [-0.1, -0.05) is 0 Å². The van der Waals surface area contributed by atoms with Crippen LogP contribution in [0.2, 0.25) is 0 Å². The number of alkyl halides is 1. The van der Waals surface area contributed by atoms with Crippen molar-refractivity contribution in [2.45, 2.75) is 30.2 Å². The Hall–Kier alpha value is -0.310. The lowest BCUT2D eigenvalue weighted by atomic mass is 9.93. The number of aliphatic hydroxyl groups is 5. The van der Waals surface area contributed by atoms with E-state index in [-0.39, 0.29) is 0 Å². The van der Waals surface area contributed by atoms with Crippen molar-refractivity contribution in [1.82, 2.24) is 0 Å². The molecule has 84 valence electrons. The first-order chi connectivity index (χ1) is 6.46. The molecule has 0 aromatic carbocycles. The molecule has 7 heteroatoms. The van der Waals surface area contributed by atoms with Gasteiger partial charge in [-0.2, -0.15) is 0 Å². The summed E-state index contributed by atoms with van der Waals surface area (Å²) in [4.78, 5) is 0. The van der Waals surface area contributed by atoms with Crippen molar-refractivity contribution in [3.05, 3.63) is 0 Å². The second-order valence-electron chi connectivity index (χ2n) is 3.24. The van der Waals surface area contributed by atoms with Crippen LogP contribution in [0.4, 0.5) is 4.39 Å². The third kappa shape index (κ3) is 1.74. The van der Waals surface area contributed by atoms with Gasteiger partial charge < -0.3 is 30.3 Å². The van der Waals surface area contributed by atoms with Gasteiger partial charge in [0.1, 0.15) is 31.1 Å². The summed E-state index contributed by atoms with van der Waals surface area (Å²) in [6, 6.07) is 0. The van der Waals surface area contributed by atoms with E-state index in [9.17, 15) is 24.8 Å². The van der Waals surface area contributed by atoms with Crippen LogP contribution in [-0.2, 0) is 4.74 Å². The van der Waals surface area contributed by atoms with Gasteiger partial charge in [0.2, 0.25) is 5.79 Å². The maximum atomic E-state index is 12.3. The second kappa shape index (κ2) is 4.05. The highest BCUT2D eigenvalue weighted by molar-refractivity contribution is 4.95. The number of hydrogen-bond acceptors (Lipinski definition) is 6. The Morgan fingerprint density at radius 3 is 2.21 bits per heavy atom. The number of hydrogen-bond donors (Lipinski definition) is 5. The van der Waals surface area contributed by atoms with Crippen molar-refractivity contribution >= 4 is 0 Å². The summed E-state index contributed by atoms with van der Waals surface area (Å²) in [6.45, 7) is -2.15. The lowest BCUT2D eigenvalue weighted by molar-refractivity contribution is -0.352. The van der Waals surface area contributed by atoms with E-state index in [4.69, 9.17) is 5.11 Å². The molecule has 0 saturated carbocycles. The Kier molecular flexibility index (Phi) is 3.40. The Morgan fingerprint density at radius 1 is 1.21 bits per heavy atom. The normalized spacial score (nSPS) is 49.3. The third-order valence-corrected chi connectivity index (χ3v) is 2.24. The quantitative estimate of drug-likeness (QED) is 0.336. The molecule has 5 N–H and O–H groups in total. The molecule has 0 bridgehead atoms. The maximum absolute atomic E-state index is 12.3. The van der Waals surface area contributed by atoms with Crippen molar-refractivity contribution < 1.29 is 34.7 Å². The highest BCUT2D eigenvalue weighted by atomic mass is 19.1. The fourth-order valence-electron chi connectivity index (χ4n) is 1.33. The SMILES string of the molecule is OCC1OC(O)(CF)C(O)C(O)C1O. The van der Waals surface area contributed by atoms with E-state index < -0.39 is 43.5 Å². The van der Waals surface area contributed by atoms with Crippen molar-refractivity contribution in [3.63, 3.8) is 0 Å². The monoisotopic (exact) mass is 212 g/mol. The molecule has 0 aliphatic carbocycles. The molecule has 1 aliphatic rings. The van der Waals surface area contributed by atoms with Gasteiger partial charge in [0.05, 0.1) is 6.61 Å². The topological polar surface area (TPSA) is 110 Å². The van der Waals surface area contributed by atoms with Gasteiger partial charge in [-0.05, 0) is 0 Å². The fourth-order valence-corrected chi connectivity index (χ4v) is 1.33. The highest BCUT2D eigenvalue weighted by Gasteiger charge is 2.52. The molecular formula is C7H13FO6. The number of ether oxygens (including phenoxy) is 1. The third-order valence-electron chi connectivity index (χ3n) is 2.24. The Morgan fingerprint density at radius 2 is 1.79 bits per heavy atom. The molecule has 5 unspecified atom stereocenters. The predicted octanol–water partition coefficient (Wildman–Crippen LogP) is -2.88. The standard InChI is InChI=1S/C7H13FO6/c8-2-7(13)6(12)5(11)4(10)3(1-9)14-7/h3-6,9-13H,1-2H2. The van der Waals surface area contributed by atoms with E-state index in [0.717, 1.165) is 0 Å². The van der Waals surface area contributed by atoms with Gasteiger partial charge in [-0.15, -0.1) is 0 Å². The van der Waals surface area contributed by atoms with E-state index in [1.54, 1.807) is 0 Å². The predicted molar refractivity (Wildman–Crippen MR) is 40.9 cm³/mol. The van der Waals surface area contributed by atoms with Crippen LogP contribution in [0.3, 0.4) is 0 Å². The molecule has 14 heavy (non-hydrogen) atoms. The molecule has 0 aromatic rings. The van der Waals surface area contributed by atoms with Crippen LogP contribution >= 0.6 is 0 Å². The van der Waals surface area contributed by atoms with Gasteiger partial charge >= 0.3 is 0 Å². The van der Waals surface area contributed by atoms with Crippen LogP contribution in [0.1, 0.15) is 0 Å². The van der Waals surface area contributed by atoms with Crippen LogP contribution < -0.4 is 0 Å². The molecule has 0 radical (unpaired) electrons. The zero-order valence-corrected chi connectivity index (χ0v) is 7.25. The lowest BCUT2D eigenvalue weighted by Gasteiger charge is -2.43. The van der Waals surface area contributed by atoms with E-state index in [1.807, 2.05) is 0 Å². The molecule has 1 saturated heterocycles. The Balaban J connectivity index is 2.84. The van der Waals surface area contributed by atoms with E-state index in [1.165, 1.54) is 0 Å². The average Bonchev–Trinajstić information content (AvgIpc) is 2.20. The van der Waals surface area contributed by atoms with Crippen LogP contribution in [0, 0.1) is 0 Å². The van der Waals surface area contributed by atoms with Crippen molar-refractivity contribution in [1.29, 1.82) is 0 Å². The number of rotatable bonds is 2. The molecule has 0 amide bonds. The summed E-state index contributed by atoms with van der Waals surface area (Å²) in [5.41, 5.74) is 0. The summed E-state index contributed by atoms with van der Waals surface area (Å²) >= 11 is 0. The van der Waals surface area contributed by atoms with Crippen LogP contribution in [-0.4, -0.2) is 69.0 Å². The van der Waals surface area contributed by atoms with Gasteiger partial charge in [0.15, 0.2) is 0 Å². The number of halogens is 1. The van der Waals surface area contributed by atoms with Crippen molar-refractivity contribution in [3.8, 4) is 0 Å². The van der Waals surface area contributed by atoms with Gasteiger partial charge in [0, 0.05) is 0 Å². The van der Waals surface area contributed by atoms with Crippen molar-refractivity contribution in [2.24, 2.45) is 0 Å². The first-order valence-electron chi connectivity index (χ1n) is 4.07. The molecule has 0 spiro atoms. The zero-order valence-electron chi connectivity index (χ0n) is 7.25. The molecule has 1 heterocycles. The molecule has 1 aliphatic heterocycles. The minimum atomic E-state index is -2.58.